The van der Waals surface area contributed by atoms with Crippen LogP contribution in [0.2, 0.25) is 0 Å². The molecule has 0 spiro atoms. The van der Waals surface area contributed by atoms with Gasteiger partial charge in [0.15, 0.2) is 17.5 Å². The summed E-state index contributed by atoms with van der Waals surface area (Å²) in [5, 5.41) is 6.65. The first kappa shape index (κ1) is 19.6. The lowest BCUT2D eigenvalue weighted by atomic mass is 9.95. The molecule has 2 aromatic rings. The maximum absolute atomic E-state index is 13.7. The molecule has 1 aromatic carbocycles. The van der Waals surface area contributed by atoms with E-state index in [2.05, 4.69) is 10.4 Å². The normalized spacial score (nSPS) is 18.8. The van der Waals surface area contributed by atoms with Crippen molar-refractivity contribution >= 4 is 11.7 Å². The van der Waals surface area contributed by atoms with Crippen molar-refractivity contribution in [3.8, 4) is 17.2 Å². The molecule has 0 aliphatic carbocycles. The second-order valence-corrected chi connectivity index (χ2v) is 6.16. The number of nitrogens with zero attached hydrogens (tertiary/aromatic N) is 2. The number of nitrogens with one attached hydrogen (secondary N) is 1. The van der Waals surface area contributed by atoms with Gasteiger partial charge in [0, 0.05) is 6.42 Å². The number of halogens is 3. The van der Waals surface area contributed by atoms with Crippen LogP contribution in [0.5, 0.6) is 17.2 Å². The van der Waals surface area contributed by atoms with Crippen molar-refractivity contribution in [2.75, 3.05) is 26.6 Å². The van der Waals surface area contributed by atoms with Crippen LogP contribution in [0.3, 0.4) is 0 Å². The third-order valence-corrected chi connectivity index (χ3v) is 4.59. The molecule has 1 aliphatic rings. The zero-order valence-corrected chi connectivity index (χ0v) is 15.3. The lowest BCUT2D eigenvalue weighted by Crippen LogP contribution is -2.36. The number of ether oxygens (including phenoxy) is 3. The number of rotatable bonds is 5. The van der Waals surface area contributed by atoms with Crippen LogP contribution in [0, 0.1) is 0 Å². The first-order chi connectivity index (χ1) is 13.2. The van der Waals surface area contributed by atoms with Crippen molar-refractivity contribution in [2.45, 2.75) is 24.7 Å². The minimum Gasteiger partial charge on any atom is -0.493 e. The number of fused-ring (bicyclic) bond motifs is 1. The molecule has 1 aromatic heterocycles. The van der Waals surface area contributed by atoms with Gasteiger partial charge in [-0.2, -0.15) is 18.3 Å². The summed E-state index contributed by atoms with van der Waals surface area (Å²) in [4.78, 5) is 11.6. The third kappa shape index (κ3) is 3.27. The number of anilines is 1. The SMILES string of the molecule is COc1cc(C2CC(C(F)(F)F)n3ncc(C(N)=O)c3N2)cc(OC)c1OC. The van der Waals surface area contributed by atoms with E-state index in [0.717, 1.165) is 10.9 Å². The maximum Gasteiger partial charge on any atom is 0.410 e. The van der Waals surface area contributed by atoms with Gasteiger partial charge < -0.3 is 25.3 Å². The van der Waals surface area contributed by atoms with E-state index in [9.17, 15) is 18.0 Å². The summed E-state index contributed by atoms with van der Waals surface area (Å²) in [5.41, 5.74) is 5.63. The summed E-state index contributed by atoms with van der Waals surface area (Å²) in [6.07, 6.45) is -3.90. The van der Waals surface area contributed by atoms with Gasteiger partial charge in [0.05, 0.1) is 33.6 Å². The molecule has 0 fully saturated rings. The zero-order chi connectivity index (χ0) is 20.6. The topological polar surface area (TPSA) is 101 Å². The average molecular weight is 400 g/mol. The molecule has 2 heterocycles. The van der Waals surface area contributed by atoms with Crippen molar-refractivity contribution in [2.24, 2.45) is 5.73 Å². The molecule has 2 atom stereocenters. The fraction of sp³-hybridized carbons (Fsp3) is 0.412. The molecule has 2 unspecified atom stereocenters. The number of amides is 1. The van der Waals surface area contributed by atoms with Crippen LogP contribution in [-0.4, -0.2) is 43.2 Å². The van der Waals surface area contributed by atoms with Gasteiger partial charge in [-0.15, -0.1) is 0 Å². The molecule has 0 bridgehead atoms. The summed E-state index contributed by atoms with van der Waals surface area (Å²) < 4.78 is 57.5. The third-order valence-electron chi connectivity index (χ3n) is 4.59. The molecule has 0 saturated carbocycles. The van der Waals surface area contributed by atoms with E-state index in [1.807, 2.05) is 0 Å². The van der Waals surface area contributed by atoms with E-state index in [0.29, 0.717) is 22.8 Å². The van der Waals surface area contributed by atoms with Crippen molar-refractivity contribution in [1.29, 1.82) is 0 Å². The molecule has 0 radical (unpaired) electrons. The predicted octanol–water partition coefficient (Wildman–Crippen LogP) is 2.67. The highest BCUT2D eigenvalue weighted by Crippen LogP contribution is 2.47. The Kier molecular flexibility index (Phi) is 5.01. The van der Waals surface area contributed by atoms with Crippen molar-refractivity contribution < 1.29 is 32.2 Å². The minimum atomic E-state index is -4.57. The van der Waals surface area contributed by atoms with Gasteiger partial charge >= 0.3 is 6.18 Å². The summed E-state index contributed by atoms with van der Waals surface area (Å²) >= 11 is 0. The van der Waals surface area contributed by atoms with E-state index in [4.69, 9.17) is 19.9 Å². The predicted molar refractivity (Wildman–Crippen MR) is 92.9 cm³/mol. The van der Waals surface area contributed by atoms with Crippen molar-refractivity contribution in [3.63, 3.8) is 0 Å². The smallest absolute Gasteiger partial charge is 0.410 e. The van der Waals surface area contributed by atoms with Crippen LogP contribution in [0.4, 0.5) is 19.0 Å². The molecule has 11 heteroatoms. The molecule has 8 nitrogen and oxygen atoms in total. The lowest BCUT2D eigenvalue weighted by Gasteiger charge is -2.34. The van der Waals surface area contributed by atoms with Crippen LogP contribution in [0.25, 0.3) is 0 Å². The number of nitrogens with two attached hydrogens (primary N) is 1. The van der Waals surface area contributed by atoms with E-state index in [1.54, 1.807) is 12.1 Å². The average Bonchev–Trinajstić information content (AvgIpc) is 3.09. The standard InChI is InChI=1S/C17H19F3N4O4/c1-26-11-4-8(5-12(27-2)14(11)28-3)10-6-13(17(18,19)20)24-16(23-10)9(7-22-24)15(21)25/h4-5,7,10,13,23H,6H2,1-3H3,(H2,21,25). The number of carbonyl (C=O) groups excluding carboxylic acids is 1. The summed E-state index contributed by atoms with van der Waals surface area (Å²) in [5.74, 6) is -0.0346. The molecular formula is C17H19F3N4O4. The highest BCUT2D eigenvalue weighted by Gasteiger charge is 2.47. The summed E-state index contributed by atoms with van der Waals surface area (Å²) in [6, 6.07) is 0.383. The second kappa shape index (κ2) is 7.13. The number of primary amides is 1. The van der Waals surface area contributed by atoms with Gasteiger partial charge in [0.25, 0.3) is 5.91 Å². The molecule has 3 N–H and O–H groups in total. The Morgan fingerprint density at radius 2 is 1.82 bits per heavy atom. The van der Waals surface area contributed by atoms with Crippen LogP contribution in [0.15, 0.2) is 18.3 Å². The van der Waals surface area contributed by atoms with Crippen molar-refractivity contribution in [3.05, 3.63) is 29.5 Å². The van der Waals surface area contributed by atoms with E-state index in [-0.39, 0.29) is 17.8 Å². The van der Waals surface area contributed by atoms with Crippen LogP contribution >= 0.6 is 0 Å². The number of hydrogen-bond acceptors (Lipinski definition) is 6. The van der Waals surface area contributed by atoms with Crippen LogP contribution < -0.4 is 25.3 Å². The van der Waals surface area contributed by atoms with Gasteiger partial charge in [0.2, 0.25) is 5.75 Å². The minimum absolute atomic E-state index is 0.0835. The zero-order valence-electron chi connectivity index (χ0n) is 15.3. The molecule has 1 amide bonds. The monoisotopic (exact) mass is 400 g/mol. The molecule has 0 saturated heterocycles. The number of alkyl halides is 3. The van der Waals surface area contributed by atoms with Gasteiger partial charge in [-0.1, -0.05) is 0 Å². The quantitative estimate of drug-likeness (QED) is 0.800. The number of hydrogen-bond donors (Lipinski definition) is 2. The highest BCUT2D eigenvalue weighted by atomic mass is 19.4. The molecule has 1 aliphatic heterocycles. The van der Waals surface area contributed by atoms with Gasteiger partial charge in [0.1, 0.15) is 11.4 Å². The highest BCUT2D eigenvalue weighted by molar-refractivity contribution is 5.97. The largest absolute Gasteiger partial charge is 0.493 e. The van der Waals surface area contributed by atoms with Gasteiger partial charge in [-0.3, -0.25) is 4.79 Å². The number of carbonyl (C=O) groups is 1. The molecular weight excluding hydrogens is 381 g/mol. The maximum atomic E-state index is 13.7. The number of aromatic nitrogens is 2. The van der Waals surface area contributed by atoms with Crippen LogP contribution in [-0.2, 0) is 0 Å². The first-order valence-electron chi connectivity index (χ1n) is 8.21. The van der Waals surface area contributed by atoms with Crippen LogP contribution in [0.1, 0.15) is 34.4 Å². The van der Waals surface area contributed by atoms with Crippen molar-refractivity contribution in [1.82, 2.24) is 9.78 Å². The van der Waals surface area contributed by atoms with Gasteiger partial charge in [-0.25, -0.2) is 4.68 Å². The molecule has 152 valence electrons. The fourth-order valence-corrected chi connectivity index (χ4v) is 3.26. The Hall–Kier alpha value is -3.11. The fourth-order valence-electron chi connectivity index (χ4n) is 3.26. The molecule has 28 heavy (non-hydrogen) atoms. The Morgan fingerprint density at radius 1 is 1.21 bits per heavy atom. The summed E-state index contributed by atoms with van der Waals surface area (Å²) in [7, 11) is 4.25. The van der Waals surface area contributed by atoms with E-state index >= 15 is 0 Å². The summed E-state index contributed by atoms with van der Waals surface area (Å²) in [6.45, 7) is 0. The van der Waals surface area contributed by atoms with E-state index in [1.165, 1.54) is 21.3 Å². The van der Waals surface area contributed by atoms with E-state index < -0.39 is 24.2 Å². The lowest BCUT2D eigenvalue weighted by molar-refractivity contribution is -0.173. The molecule has 3 rings (SSSR count). The number of benzene rings is 1. The Morgan fingerprint density at radius 3 is 2.29 bits per heavy atom. The first-order valence-corrected chi connectivity index (χ1v) is 8.21. The Labute approximate surface area is 158 Å². The Bertz CT molecular complexity index is 872. The Balaban J connectivity index is 2.11. The second-order valence-electron chi connectivity index (χ2n) is 6.16. The number of methoxy groups -OCH3 is 3. The van der Waals surface area contributed by atoms with Gasteiger partial charge in [-0.05, 0) is 17.7 Å².